The second-order valence-electron chi connectivity index (χ2n) is 4.34. The summed E-state index contributed by atoms with van der Waals surface area (Å²) in [4.78, 5) is 10.9. The average molecular weight is 252 g/mol. The number of hydrogen-bond acceptors (Lipinski definition) is 4. The Morgan fingerprint density at radius 1 is 1.33 bits per heavy atom. The number of hydrogen-bond donors (Lipinski definition) is 2. The van der Waals surface area contributed by atoms with Crippen LogP contribution in [0, 0.1) is 6.92 Å². The van der Waals surface area contributed by atoms with Crippen molar-refractivity contribution in [1.29, 1.82) is 0 Å². The molecule has 100 valence electrons. The van der Waals surface area contributed by atoms with Crippen molar-refractivity contribution in [2.75, 3.05) is 7.11 Å². The van der Waals surface area contributed by atoms with Gasteiger partial charge in [0, 0.05) is 12.0 Å². The van der Waals surface area contributed by atoms with Gasteiger partial charge in [0.05, 0.1) is 7.11 Å². The van der Waals surface area contributed by atoms with Gasteiger partial charge in [-0.3, -0.25) is 4.79 Å². The summed E-state index contributed by atoms with van der Waals surface area (Å²) in [7, 11) is 1.39. The first-order valence-corrected chi connectivity index (χ1v) is 6.07. The molecule has 0 unspecified atom stereocenters. The Kier molecular flexibility index (Phi) is 5.82. The van der Waals surface area contributed by atoms with Crippen molar-refractivity contribution in [3.05, 3.63) is 34.9 Å². The second kappa shape index (κ2) is 7.13. The Morgan fingerprint density at radius 3 is 2.61 bits per heavy atom. The number of benzene rings is 1. The number of esters is 1. The van der Waals surface area contributed by atoms with Crippen LogP contribution >= 0.6 is 0 Å². The van der Waals surface area contributed by atoms with E-state index in [2.05, 4.69) is 4.74 Å². The van der Waals surface area contributed by atoms with E-state index in [9.17, 15) is 4.79 Å². The summed E-state index contributed by atoms with van der Waals surface area (Å²) in [6, 6.07) is 5.40. The topological polar surface area (TPSA) is 66.8 Å². The minimum Gasteiger partial charge on any atom is -0.469 e. The molecule has 18 heavy (non-hydrogen) atoms. The van der Waals surface area contributed by atoms with Gasteiger partial charge < -0.3 is 14.9 Å². The van der Waals surface area contributed by atoms with Crippen LogP contribution in [0.2, 0.25) is 0 Å². The predicted molar refractivity (Wildman–Crippen MR) is 67.9 cm³/mol. The quantitative estimate of drug-likeness (QED) is 0.461. The molecule has 0 aromatic heterocycles. The highest BCUT2D eigenvalue weighted by Gasteiger charge is 2.06. The van der Waals surface area contributed by atoms with Crippen LogP contribution in [-0.2, 0) is 16.0 Å². The number of aliphatic hydroxyl groups excluding tert-OH is 1. The van der Waals surface area contributed by atoms with Crippen molar-refractivity contribution >= 4 is 5.97 Å². The highest BCUT2D eigenvalue weighted by molar-refractivity contribution is 5.68. The maximum Gasteiger partial charge on any atom is 0.305 e. The van der Waals surface area contributed by atoms with Gasteiger partial charge in [-0.05, 0) is 37.3 Å². The molecule has 0 saturated heterocycles. The van der Waals surface area contributed by atoms with Crippen LogP contribution in [0.3, 0.4) is 0 Å². The maximum atomic E-state index is 10.9. The van der Waals surface area contributed by atoms with Crippen LogP contribution in [0.1, 0.15) is 42.2 Å². The Morgan fingerprint density at radius 2 is 2.06 bits per heavy atom. The molecule has 4 nitrogen and oxygen atoms in total. The highest BCUT2D eigenvalue weighted by atomic mass is 16.5. The molecule has 0 bridgehead atoms. The fraction of sp³-hybridized carbons (Fsp3) is 0.500. The van der Waals surface area contributed by atoms with E-state index in [-0.39, 0.29) is 5.97 Å². The van der Waals surface area contributed by atoms with Gasteiger partial charge in [0.25, 0.3) is 0 Å². The maximum absolute atomic E-state index is 10.9. The van der Waals surface area contributed by atoms with E-state index in [4.69, 9.17) is 10.2 Å². The van der Waals surface area contributed by atoms with Crippen molar-refractivity contribution in [2.24, 2.45) is 0 Å². The lowest BCUT2D eigenvalue weighted by atomic mass is 9.99. The van der Waals surface area contributed by atoms with Crippen molar-refractivity contribution in [2.45, 2.75) is 38.9 Å². The standard InChI is InChI=1S/C14H20O4/c1-10-9-12(14(16)17)8-7-11(10)5-3-4-6-13(15)18-2/h7-9,14,16-17H,3-6H2,1-2H3. The fourth-order valence-electron chi connectivity index (χ4n) is 1.85. The van der Waals surface area contributed by atoms with Crippen LogP contribution in [0.25, 0.3) is 0 Å². The van der Waals surface area contributed by atoms with Gasteiger partial charge in [-0.2, -0.15) is 0 Å². The number of aryl methyl sites for hydroxylation is 2. The molecular formula is C14H20O4. The second-order valence-corrected chi connectivity index (χ2v) is 4.34. The van der Waals surface area contributed by atoms with E-state index in [1.165, 1.54) is 12.7 Å². The highest BCUT2D eigenvalue weighted by Crippen LogP contribution is 2.17. The van der Waals surface area contributed by atoms with E-state index >= 15 is 0 Å². The third kappa shape index (κ3) is 4.47. The number of unbranched alkanes of at least 4 members (excludes halogenated alkanes) is 1. The summed E-state index contributed by atoms with van der Waals surface area (Å²) in [6.45, 7) is 1.95. The summed E-state index contributed by atoms with van der Waals surface area (Å²) < 4.78 is 4.57. The molecule has 0 aliphatic rings. The minimum atomic E-state index is -1.42. The number of carbonyl (C=O) groups is 1. The molecule has 0 radical (unpaired) electrons. The van der Waals surface area contributed by atoms with Crippen molar-refractivity contribution in [3.8, 4) is 0 Å². The largest absolute Gasteiger partial charge is 0.469 e. The lowest BCUT2D eigenvalue weighted by Crippen LogP contribution is -2.01. The van der Waals surface area contributed by atoms with Gasteiger partial charge in [0.2, 0.25) is 0 Å². The fourth-order valence-corrected chi connectivity index (χ4v) is 1.85. The Hall–Kier alpha value is -1.39. The summed E-state index contributed by atoms with van der Waals surface area (Å²) in [6.07, 6.45) is 1.62. The zero-order valence-corrected chi connectivity index (χ0v) is 10.8. The molecule has 0 aliphatic heterocycles. The van der Waals surface area contributed by atoms with Crippen molar-refractivity contribution in [3.63, 3.8) is 0 Å². The van der Waals surface area contributed by atoms with Gasteiger partial charge in [-0.15, -0.1) is 0 Å². The van der Waals surface area contributed by atoms with Crippen LogP contribution in [-0.4, -0.2) is 23.3 Å². The molecular weight excluding hydrogens is 232 g/mol. The molecule has 0 atom stereocenters. The minimum absolute atomic E-state index is 0.175. The summed E-state index contributed by atoms with van der Waals surface area (Å²) in [5.41, 5.74) is 2.72. The third-order valence-electron chi connectivity index (χ3n) is 2.97. The number of aliphatic hydroxyl groups is 2. The molecule has 0 aliphatic carbocycles. The first kappa shape index (κ1) is 14.7. The molecule has 2 N–H and O–H groups in total. The molecule has 0 spiro atoms. The summed E-state index contributed by atoms with van der Waals surface area (Å²) >= 11 is 0. The molecule has 0 amide bonds. The van der Waals surface area contributed by atoms with E-state index in [1.54, 1.807) is 12.1 Å². The monoisotopic (exact) mass is 252 g/mol. The summed E-state index contributed by atoms with van der Waals surface area (Å²) in [5.74, 6) is -0.175. The van der Waals surface area contributed by atoms with E-state index in [1.807, 2.05) is 13.0 Å². The van der Waals surface area contributed by atoms with Gasteiger partial charge in [0.15, 0.2) is 6.29 Å². The Labute approximate surface area is 107 Å². The zero-order chi connectivity index (χ0) is 13.5. The molecule has 0 fully saturated rings. The van der Waals surface area contributed by atoms with E-state index in [0.29, 0.717) is 12.0 Å². The Bertz CT molecular complexity index is 399. The molecule has 1 rings (SSSR count). The average Bonchev–Trinajstić information content (AvgIpc) is 2.35. The van der Waals surface area contributed by atoms with Crippen molar-refractivity contribution < 1.29 is 19.7 Å². The molecule has 1 aromatic rings. The SMILES string of the molecule is COC(=O)CCCCc1ccc(C(O)O)cc1C. The Balaban J connectivity index is 2.45. The first-order valence-electron chi connectivity index (χ1n) is 6.07. The van der Waals surface area contributed by atoms with E-state index < -0.39 is 6.29 Å². The molecule has 1 aromatic carbocycles. The lowest BCUT2D eigenvalue weighted by molar-refractivity contribution is -0.140. The number of rotatable bonds is 6. The summed E-state index contributed by atoms with van der Waals surface area (Å²) in [5, 5.41) is 18.1. The number of methoxy groups -OCH3 is 1. The number of ether oxygens (including phenoxy) is 1. The first-order chi connectivity index (χ1) is 8.54. The normalized spacial score (nSPS) is 10.7. The molecule has 4 heteroatoms. The van der Waals surface area contributed by atoms with Gasteiger partial charge in [0.1, 0.15) is 0 Å². The van der Waals surface area contributed by atoms with Crippen molar-refractivity contribution in [1.82, 2.24) is 0 Å². The predicted octanol–water partition coefficient (Wildman–Crippen LogP) is 1.86. The zero-order valence-electron chi connectivity index (χ0n) is 10.8. The van der Waals surface area contributed by atoms with Gasteiger partial charge in [-0.1, -0.05) is 18.2 Å². The number of carbonyl (C=O) groups excluding carboxylic acids is 1. The smallest absolute Gasteiger partial charge is 0.305 e. The van der Waals surface area contributed by atoms with E-state index in [0.717, 1.165) is 24.8 Å². The van der Waals surface area contributed by atoms with Crippen LogP contribution in [0.5, 0.6) is 0 Å². The molecule has 0 saturated carbocycles. The molecule has 0 heterocycles. The third-order valence-corrected chi connectivity index (χ3v) is 2.97. The lowest BCUT2D eigenvalue weighted by Gasteiger charge is -2.09. The van der Waals surface area contributed by atoms with Crippen LogP contribution in [0.15, 0.2) is 18.2 Å². The van der Waals surface area contributed by atoms with Crippen LogP contribution < -0.4 is 0 Å². The van der Waals surface area contributed by atoms with Crippen LogP contribution in [0.4, 0.5) is 0 Å². The van der Waals surface area contributed by atoms with Gasteiger partial charge in [-0.25, -0.2) is 0 Å². The van der Waals surface area contributed by atoms with Gasteiger partial charge >= 0.3 is 5.97 Å².